The number of rotatable bonds is 6. The molecule has 0 spiro atoms. The van der Waals surface area contributed by atoms with Gasteiger partial charge in [-0.3, -0.25) is 4.79 Å². The molecule has 0 bridgehead atoms. The van der Waals surface area contributed by atoms with E-state index in [0.29, 0.717) is 12.1 Å². The molecule has 3 aromatic heterocycles. The van der Waals surface area contributed by atoms with Crippen molar-refractivity contribution in [2.45, 2.75) is 20.4 Å². The van der Waals surface area contributed by atoms with E-state index < -0.39 is 0 Å². The summed E-state index contributed by atoms with van der Waals surface area (Å²) in [5.74, 6) is 0.739. The molecule has 1 fully saturated rings. The lowest BCUT2D eigenvalue weighted by atomic mass is 10.1. The minimum Gasteiger partial charge on any atom is -0.467 e. The van der Waals surface area contributed by atoms with Crippen LogP contribution in [0.2, 0.25) is 0 Å². The maximum absolute atomic E-state index is 13.0. The Labute approximate surface area is 196 Å². The fraction of sp³-hybridized carbons (Fsp3) is 0.280. The molecule has 0 unspecified atom stereocenters. The Balaban J connectivity index is 1.27. The summed E-state index contributed by atoms with van der Waals surface area (Å²) in [6.45, 7) is 7.80. The molecule has 5 rings (SSSR count). The first kappa shape index (κ1) is 21.5. The fourth-order valence-electron chi connectivity index (χ4n) is 4.05. The molecule has 7 nitrogen and oxygen atoms in total. The number of aryl methyl sites for hydroxylation is 1. The Bertz CT molecular complexity index is 1240. The number of carbonyl (C=O) groups is 1. The van der Waals surface area contributed by atoms with E-state index in [4.69, 9.17) is 14.1 Å². The highest BCUT2D eigenvalue weighted by Crippen LogP contribution is 2.29. The summed E-state index contributed by atoms with van der Waals surface area (Å²) >= 11 is 1.65. The van der Waals surface area contributed by atoms with Crippen molar-refractivity contribution in [3.63, 3.8) is 0 Å². The Morgan fingerprint density at radius 1 is 1.15 bits per heavy atom. The molecule has 8 heteroatoms. The monoisotopic (exact) mass is 462 g/mol. The number of amides is 1. The van der Waals surface area contributed by atoms with Crippen molar-refractivity contribution in [1.29, 1.82) is 0 Å². The van der Waals surface area contributed by atoms with Crippen molar-refractivity contribution < 1.29 is 13.9 Å². The maximum atomic E-state index is 13.0. The van der Waals surface area contributed by atoms with Crippen LogP contribution in [-0.2, 0) is 11.3 Å². The third-order valence-electron chi connectivity index (χ3n) is 5.92. The highest BCUT2D eigenvalue weighted by atomic mass is 32.1. The van der Waals surface area contributed by atoms with Crippen molar-refractivity contribution >= 4 is 28.1 Å². The molecule has 0 atom stereocenters. The largest absolute Gasteiger partial charge is 0.467 e. The normalized spacial score (nSPS) is 13.9. The smallest absolute Gasteiger partial charge is 0.257 e. The molecule has 1 aliphatic heterocycles. The van der Waals surface area contributed by atoms with Gasteiger partial charge in [0.15, 0.2) is 5.13 Å². The summed E-state index contributed by atoms with van der Waals surface area (Å²) in [5, 5.41) is 6.12. The van der Waals surface area contributed by atoms with E-state index in [9.17, 15) is 4.79 Å². The SMILES string of the molecule is Cc1cc(C(=O)Nc2ccc(-c3csc(N4CCOCC4)n3)cc2)c(C)n1Cc1ccco1. The number of ether oxygens (including phenoxy) is 1. The minimum absolute atomic E-state index is 0.121. The number of thiazole rings is 1. The molecule has 0 radical (unpaired) electrons. The van der Waals surface area contributed by atoms with Crippen LogP contribution < -0.4 is 10.2 Å². The summed E-state index contributed by atoms with van der Waals surface area (Å²) in [6.07, 6.45) is 1.66. The van der Waals surface area contributed by atoms with Crippen molar-refractivity contribution in [2.24, 2.45) is 0 Å². The van der Waals surface area contributed by atoms with Crippen LogP contribution in [0.1, 0.15) is 27.5 Å². The Morgan fingerprint density at radius 3 is 2.67 bits per heavy atom. The molecule has 1 aliphatic rings. The van der Waals surface area contributed by atoms with Crippen LogP contribution in [0.15, 0.2) is 58.5 Å². The molecule has 170 valence electrons. The zero-order valence-electron chi connectivity index (χ0n) is 18.7. The van der Waals surface area contributed by atoms with Crippen LogP contribution in [-0.4, -0.2) is 41.8 Å². The average Bonchev–Trinajstić information content (AvgIpc) is 3.58. The molecule has 33 heavy (non-hydrogen) atoms. The average molecular weight is 463 g/mol. The lowest BCUT2D eigenvalue weighted by Crippen LogP contribution is -2.36. The van der Waals surface area contributed by atoms with E-state index in [2.05, 4.69) is 20.2 Å². The molecular formula is C25H26N4O3S. The van der Waals surface area contributed by atoms with Gasteiger partial charge in [0.25, 0.3) is 5.91 Å². The van der Waals surface area contributed by atoms with Crippen LogP contribution in [0.3, 0.4) is 0 Å². The fourth-order valence-corrected chi connectivity index (χ4v) is 4.94. The van der Waals surface area contributed by atoms with Gasteiger partial charge >= 0.3 is 0 Å². The van der Waals surface area contributed by atoms with Gasteiger partial charge in [-0.2, -0.15) is 0 Å². The van der Waals surface area contributed by atoms with Gasteiger partial charge in [0, 0.05) is 41.1 Å². The van der Waals surface area contributed by atoms with Crippen molar-refractivity contribution in [3.8, 4) is 11.3 Å². The quantitative estimate of drug-likeness (QED) is 0.439. The second kappa shape index (κ2) is 9.25. The molecule has 0 aliphatic carbocycles. The lowest BCUT2D eigenvalue weighted by molar-refractivity contribution is 0.102. The van der Waals surface area contributed by atoms with Gasteiger partial charge in [0.05, 0.1) is 37.3 Å². The zero-order chi connectivity index (χ0) is 22.8. The van der Waals surface area contributed by atoms with Gasteiger partial charge in [0.1, 0.15) is 5.76 Å². The number of hydrogen-bond donors (Lipinski definition) is 1. The molecule has 1 saturated heterocycles. The first-order valence-electron chi connectivity index (χ1n) is 11.0. The Hall–Kier alpha value is -3.36. The van der Waals surface area contributed by atoms with E-state index >= 15 is 0 Å². The number of furan rings is 1. The highest BCUT2D eigenvalue weighted by Gasteiger charge is 2.18. The molecule has 0 saturated carbocycles. The number of carbonyl (C=O) groups excluding carboxylic acids is 1. The number of nitrogens with one attached hydrogen (secondary N) is 1. The second-order valence-electron chi connectivity index (χ2n) is 8.10. The number of benzene rings is 1. The highest BCUT2D eigenvalue weighted by molar-refractivity contribution is 7.14. The molecule has 1 amide bonds. The Morgan fingerprint density at radius 2 is 1.94 bits per heavy atom. The number of aromatic nitrogens is 2. The molecular weight excluding hydrogens is 436 g/mol. The van der Waals surface area contributed by atoms with Crippen LogP contribution in [0.25, 0.3) is 11.3 Å². The summed E-state index contributed by atoms with van der Waals surface area (Å²) < 4.78 is 13.0. The van der Waals surface area contributed by atoms with E-state index in [1.54, 1.807) is 17.6 Å². The van der Waals surface area contributed by atoms with Crippen LogP contribution in [0.5, 0.6) is 0 Å². The number of nitrogens with zero attached hydrogens (tertiary/aromatic N) is 3. The third kappa shape index (κ3) is 4.58. The predicted molar refractivity (Wildman–Crippen MR) is 130 cm³/mol. The standard InChI is InChI=1S/C25H26N4O3S/c1-17-14-22(18(2)29(17)15-21-4-3-11-32-21)24(30)26-20-7-5-19(6-8-20)23-16-33-25(27-23)28-9-12-31-13-10-28/h3-8,11,14,16H,9-10,12-13,15H2,1-2H3,(H,26,30). The summed E-state index contributed by atoms with van der Waals surface area (Å²) in [6, 6.07) is 13.6. The molecule has 1 aromatic carbocycles. The van der Waals surface area contributed by atoms with Crippen molar-refractivity contribution in [2.75, 3.05) is 36.5 Å². The summed E-state index contributed by atoms with van der Waals surface area (Å²) in [7, 11) is 0. The Kier molecular flexibility index (Phi) is 6.02. The topological polar surface area (TPSA) is 72.5 Å². The number of hydrogen-bond acceptors (Lipinski definition) is 6. The zero-order valence-corrected chi connectivity index (χ0v) is 19.5. The van der Waals surface area contributed by atoms with Gasteiger partial charge in [-0.15, -0.1) is 11.3 Å². The van der Waals surface area contributed by atoms with Gasteiger partial charge in [-0.05, 0) is 44.2 Å². The first-order chi connectivity index (χ1) is 16.1. The van der Waals surface area contributed by atoms with Crippen LogP contribution >= 0.6 is 11.3 Å². The number of anilines is 2. The lowest BCUT2D eigenvalue weighted by Gasteiger charge is -2.26. The first-order valence-corrected chi connectivity index (χ1v) is 11.9. The van der Waals surface area contributed by atoms with Crippen LogP contribution in [0, 0.1) is 13.8 Å². The molecule has 4 heterocycles. The van der Waals surface area contributed by atoms with Gasteiger partial charge in [0.2, 0.25) is 0 Å². The number of morpholine rings is 1. The van der Waals surface area contributed by atoms with E-state index in [0.717, 1.165) is 65.5 Å². The van der Waals surface area contributed by atoms with E-state index in [-0.39, 0.29) is 5.91 Å². The van der Waals surface area contributed by atoms with Gasteiger partial charge in [-0.25, -0.2) is 4.98 Å². The predicted octanol–water partition coefficient (Wildman–Crippen LogP) is 4.96. The third-order valence-corrected chi connectivity index (χ3v) is 6.83. The summed E-state index contributed by atoms with van der Waals surface area (Å²) in [5.41, 5.74) is 5.32. The van der Waals surface area contributed by atoms with E-state index in [1.165, 1.54) is 0 Å². The van der Waals surface area contributed by atoms with Crippen molar-refractivity contribution in [3.05, 3.63) is 76.8 Å². The second-order valence-corrected chi connectivity index (χ2v) is 8.93. The molecule has 1 N–H and O–H groups in total. The summed E-state index contributed by atoms with van der Waals surface area (Å²) in [4.78, 5) is 20.0. The molecule has 4 aromatic rings. The maximum Gasteiger partial charge on any atom is 0.257 e. The van der Waals surface area contributed by atoms with E-state index in [1.807, 2.05) is 56.3 Å². The minimum atomic E-state index is -0.121. The van der Waals surface area contributed by atoms with Crippen LogP contribution in [0.4, 0.5) is 10.8 Å². The van der Waals surface area contributed by atoms with Gasteiger partial charge in [-0.1, -0.05) is 12.1 Å². The van der Waals surface area contributed by atoms with Gasteiger partial charge < -0.3 is 23.9 Å². The van der Waals surface area contributed by atoms with Crippen molar-refractivity contribution in [1.82, 2.24) is 9.55 Å².